The molecule has 2 aliphatic heterocycles. The van der Waals surface area contributed by atoms with Crippen molar-refractivity contribution in [3.05, 3.63) is 18.5 Å². The van der Waals surface area contributed by atoms with E-state index in [0.717, 1.165) is 19.0 Å². The van der Waals surface area contributed by atoms with Crippen LogP contribution in [0.4, 0.5) is 19.1 Å². The Bertz CT molecular complexity index is 539. The van der Waals surface area contributed by atoms with E-state index in [-0.39, 0.29) is 0 Å². The molecular weight excluding hydrogens is 325 g/mol. The number of carboxylic acid groups (broad SMARTS) is 1. The smallest absolute Gasteiger partial charge is 0.475 e. The van der Waals surface area contributed by atoms with Gasteiger partial charge in [0.05, 0.1) is 0 Å². The second kappa shape index (κ2) is 7.33. The Balaban J connectivity index is 0.000000256. The van der Waals surface area contributed by atoms with Gasteiger partial charge < -0.3 is 10.0 Å². The van der Waals surface area contributed by atoms with E-state index in [0.29, 0.717) is 18.1 Å². The van der Waals surface area contributed by atoms with Crippen molar-refractivity contribution in [3.63, 3.8) is 0 Å². The van der Waals surface area contributed by atoms with Crippen LogP contribution < -0.4 is 4.90 Å². The molecule has 1 aromatic heterocycles. The van der Waals surface area contributed by atoms with Gasteiger partial charge in [-0.3, -0.25) is 4.90 Å². The van der Waals surface area contributed by atoms with Crippen molar-refractivity contribution in [3.8, 4) is 0 Å². The highest BCUT2D eigenvalue weighted by atomic mass is 19.4. The van der Waals surface area contributed by atoms with Crippen LogP contribution >= 0.6 is 0 Å². The number of aromatic nitrogens is 2. The SMILES string of the molecule is CC(C)N1C2CCC1CN(c1ncccn1)C2.O=C(O)C(F)(F)F. The molecule has 9 heteroatoms. The van der Waals surface area contributed by atoms with Crippen molar-refractivity contribution >= 4 is 11.9 Å². The minimum Gasteiger partial charge on any atom is -0.475 e. The van der Waals surface area contributed by atoms with Crippen LogP contribution in [-0.2, 0) is 4.79 Å². The van der Waals surface area contributed by atoms with Gasteiger partial charge in [-0.2, -0.15) is 13.2 Å². The molecule has 2 aliphatic rings. The fraction of sp³-hybridized carbons (Fsp3) is 0.667. The molecule has 2 unspecified atom stereocenters. The molecule has 0 aromatic carbocycles. The molecule has 2 atom stereocenters. The Morgan fingerprint density at radius 2 is 1.67 bits per heavy atom. The standard InChI is InChI=1S/C13H20N4.C2HF3O2/c1-10(2)17-11-4-5-12(17)9-16(8-11)13-14-6-3-7-15-13;3-2(4,5)1(6)7/h3,6-7,10-12H,4-5,8-9H2,1-2H3;(H,6,7). The van der Waals surface area contributed by atoms with E-state index in [1.165, 1.54) is 12.8 Å². The fourth-order valence-corrected chi connectivity index (χ4v) is 3.40. The minimum absolute atomic E-state index is 0.659. The lowest BCUT2D eigenvalue weighted by atomic mass is 10.1. The van der Waals surface area contributed by atoms with Crippen molar-refractivity contribution in [1.29, 1.82) is 0 Å². The van der Waals surface area contributed by atoms with E-state index in [1.807, 2.05) is 18.5 Å². The van der Waals surface area contributed by atoms with Crippen molar-refractivity contribution in [2.45, 2.75) is 51.0 Å². The zero-order valence-electron chi connectivity index (χ0n) is 13.6. The fourth-order valence-electron chi connectivity index (χ4n) is 3.40. The third-order valence-corrected chi connectivity index (χ3v) is 4.21. The van der Waals surface area contributed by atoms with Gasteiger partial charge in [-0.25, -0.2) is 14.8 Å². The van der Waals surface area contributed by atoms with Gasteiger partial charge in [-0.05, 0) is 32.8 Å². The zero-order valence-corrected chi connectivity index (χ0v) is 13.6. The number of alkyl halides is 3. The number of piperazine rings is 1. The maximum atomic E-state index is 10.6. The van der Waals surface area contributed by atoms with Gasteiger partial charge in [0, 0.05) is 43.6 Å². The maximum absolute atomic E-state index is 10.6. The minimum atomic E-state index is -5.08. The van der Waals surface area contributed by atoms with E-state index in [1.54, 1.807) is 0 Å². The molecule has 0 spiro atoms. The van der Waals surface area contributed by atoms with Gasteiger partial charge in [0.15, 0.2) is 0 Å². The third kappa shape index (κ3) is 4.34. The highest BCUT2D eigenvalue weighted by molar-refractivity contribution is 5.73. The first-order valence-corrected chi connectivity index (χ1v) is 7.79. The Labute approximate surface area is 138 Å². The van der Waals surface area contributed by atoms with Crippen LogP contribution in [0.1, 0.15) is 26.7 Å². The lowest BCUT2D eigenvalue weighted by Crippen LogP contribution is -2.56. The number of hydrogen-bond donors (Lipinski definition) is 1. The number of nitrogens with zero attached hydrogens (tertiary/aromatic N) is 4. The highest BCUT2D eigenvalue weighted by Crippen LogP contribution is 2.32. The van der Waals surface area contributed by atoms with Crippen LogP contribution in [0.5, 0.6) is 0 Å². The van der Waals surface area contributed by atoms with E-state index in [2.05, 4.69) is 33.6 Å². The highest BCUT2D eigenvalue weighted by Gasteiger charge is 2.41. The number of rotatable bonds is 2. The van der Waals surface area contributed by atoms with E-state index in [9.17, 15) is 13.2 Å². The van der Waals surface area contributed by atoms with Crippen LogP contribution in [0.2, 0.25) is 0 Å². The number of carboxylic acids is 1. The van der Waals surface area contributed by atoms with E-state index < -0.39 is 12.1 Å². The van der Waals surface area contributed by atoms with Crippen LogP contribution in [0.3, 0.4) is 0 Å². The lowest BCUT2D eigenvalue weighted by molar-refractivity contribution is -0.192. The van der Waals surface area contributed by atoms with Gasteiger partial charge in [0.1, 0.15) is 0 Å². The van der Waals surface area contributed by atoms with Crippen molar-refractivity contribution in [2.24, 2.45) is 0 Å². The van der Waals surface area contributed by atoms with Crippen LogP contribution in [0, 0.1) is 0 Å². The molecule has 6 nitrogen and oxygen atoms in total. The second-order valence-electron chi connectivity index (χ2n) is 6.18. The van der Waals surface area contributed by atoms with Gasteiger partial charge >= 0.3 is 12.1 Å². The van der Waals surface area contributed by atoms with Gasteiger partial charge in [-0.15, -0.1) is 0 Å². The first kappa shape index (κ1) is 18.4. The summed E-state index contributed by atoms with van der Waals surface area (Å²) >= 11 is 0. The molecule has 3 rings (SSSR count). The summed E-state index contributed by atoms with van der Waals surface area (Å²) in [6.07, 6.45) is 1.23. The summed E-state index contributed by atoms with van der Waals surface area (Å²) in [5.41, 5.74) is 0. The molecule has 2 fully saturated rings. The molecule has 0 aliphatic carbocycles. The summed E-state index contributed by atoms with van der Waals surface area (Å²) in [7, 11) is 0. The summed E-state index contributed by atoms with van der Waals surface area (Å²) in [5.74, 6) is -1.86. The number of carbonyl (C=O) groups is 1. The first-order chi connectivity index (χ1) is 11.2. The predicted molar refractivity (Wildman–Crippen MR) is 81.7 cm³/mol. The molecule has 134 valence electrons. The quantitative estimate of drug-likeness (QED) is 0.885. The molecule has 2 bridgehead atoms. The Kier molecular flexibility index (Phi) is 5.63. The number of anilines is 1. The molecule has 0 radical (unpaired) electrons. The molecule has 1 N–H and O–H groups in total. The summed E-state index contributed by atoms with van der Waals surface area (Å²) in [4.78, 5) is 22.7. The second-order valence-corrected chi connectivity index (χ2v) is 6.18. The van der Waals surface area contributed by atoms with Crippen LogP contribution in [0.15, 0.2) is 18.5 Å². The Hall–Kier alpha value is -1.90. The Morgan fingerprint density at radius 3 is 2.04 bits per heavy atom. The predicted octanol–water partition coefficient (Wildman–Crippen LogP) is 2.17. The van der Waals surface area contributed by atoms with Gasteiger partial charge in [0.2, 0.25) is 5.95 Å². The number of aliphatic carboxylic acids is 1. The first-order valence-electron chi connectivity index (χ1n) is 7.79. The average Bonchev–Trinajstić information content (AvgIpc) is 2.79. The summed E-state index contributed by atoms with van der Waals surface area (Å²) < 4.78 is 31.7. The maximum Gasteiger partial charge on any atom is 0.490 e. The van der Waals surface area contributed by atoms with Crippen LogP contribution in [0.25, 0.3) is 0 Å². The molecular formula is C15H21F3N4O2. The molecule has 0 amide bonds. The van der Waals surface area contributed by atoms with Crippen molar-refractivity contribution in [1.82, 2.24) is 14.9 Å². The molecule has 1 aromatic rings. The van der Waals surface area contributed by atoms with Gasteiger partial charge in [-0.1, -0.05) is 0 Å². The third-order valence-electron chi connectivity index (χ3n) is 4.21. The summed E-state index contributed by atoms with van der Waals surface area (Å²) in [5, 5.41) is 7.12. The van der Waals surface area contributed by atoms with Crippen LogP contribution in [-0.4, -0.2) is 63.3 Å². The topological polar surface area (TPSA) is 69.6 Å². The van der Waals surface area contributed by atoms with E-state index in [4.69, 9.17) is 9.90 Å². The van der Waals surface area contributed by atoms with E-state index >= 15 is 0 Å². The van der Waals surface area contributed by atoms with Crippen molar-refractivity contribution in [2.75, 3.05) is 18.0 Å². The molecule has 3 heterocycles. The zero-order chi connectivity index (χ0) is 17.9. The van der Waals surface area contributed by atoms with Crippen molar-refractivity contribution < 1.29 is 23.1 Å². The number of hydrogen-bond acceptors (Lipinski definition) is 5. The molecule has 0 saturated carbocycles. The number of fused-ring (bicyclic) bond motifs is 2. The largest absolute Gasteiger partial charge is 0.490 e. The molecule has 2 saturated heterocycles. The number of halogens is 3. The lowest BCUT2D eigenvalue weighted by Gasteiger charge is -2.43. The average molecular weight is 346 g/mol. The summed E-state index contributed by atoms with van der Waals surface area (Å²) in [6.45, 7) is 6.78. The molecule has 24 heavy (non-hydrogen) atoms. The Morgan fingerprint density at radius 1 is 1.21 bits per heavy atom. The normalized spacial score (nSPS) is 23.8. The monoisotopic (exact) mass is 346 g/mol. The summed E-state index contributed by atoms with van der Waals surface area (Å²) in [6, 6.07) is 3.92. The van der Waals surface area contributed by atoms with Gasteiger partial charge in [0.25, 0.3) is 0 Å².